The minimum absolute atomic E-state index is 0.0930. The smallest absolute Gasteiger partial charge is 0.356 e. The zero-order valence-corrected chi connectivity index (χ0v) is 18.4. The number of rotatable bonds is 7. The standard InChI is InChI=1S/C26H28N2O4/c1-3-32-26(30)24-23(21-16-19(31-2)13-14-22(21)27-24)28-25(29)20-12-8-7-11-18(20)15-17-9-5-4-6-10-17/h4-10,13-14,16,18,20,27H,3,11-12,15H2,1-2H3,(H,28,29)/t18-,20-/m1/s1. The molecule has 2 atom stereocenters. The Bertz CT molecular complexity index is 1130. The molecule has 1 aliphatic rings. The van der Waals surface area contributed by atoms with Crippen molar-refractivity contribution in [3.63, 3.8) is 0 Å². The highest BCUT2D eigenvalue weighted by Gasteiger charge is 2.31. The van der Waals surface area contributed by atoms with Crippen LogP contribution in [0.25, 0.3) is 10.9 Å². The van der Waals surface area contributed by atoms with E-state index in [2.05, 4.69) is 34.6 Å². The molecule has 6 nitrogen and oxygen atoms in total. The first-order valence-corrected chi connectivity index (χ1v) is 11.0. The van der Waals surface area contributed by atoms with Crippen LogP contribution in [0.15, 0.2) is 60.7 Å². The number of hydrogen-bond donors (Lipinski definition) is 2. The van der Waals surface area contributed by atoms with Crippen LogP contribution in [0, 0.1) is 11.8 Å². The molecular formula is C26H28N2O4. The summed E-state index contributed by atoms with van der Waals surface area (Å²) in [5.41, 5.74) is 2.63. The first kappa shape index (κ1) is 21.7. The number of aromatic nitrogens is 1. The molecule has 4 rings (SSSR count). The number of methoxy groups -OCH3 is 1. The van der Waals surface area contributed by atoms with Gasteiger partial charge in [-0.3, -0.25) is 4.79 Å². The molecule has 0 bridgehead atoms. The topological polar surface area (TPSA) is 80.4 Å². The highest BCUT2D eigenvalue weighted by Crippen LogP contribution is 2.34. The fourth-order valence-corrected chi connectivity index (χ4v) is 4.33. The first-order valence-electron chi connectivity index (χ1n) is 11.0. The molecule has 0 radical (unpaired) electrons. The van der Waals surface area contributed by atoms with Crippen molar-refractivity contribution in [1.29, 1.82) is 0 Å². The lowest BCUT2D eigenvalue weighted by Gasteiger charge is -2.28. The van der Waals surface area contributed by atoms with E-state index < -0.39 is 5.97 Å². The maximum absolute atomic E-state index is 13.5. The second kappa shape index (κ2) is 9.73. The molecule has 3 aromatic rings. The molecule has 0 fully saturated rings. The van der Waals surface area contributed by atoms with Crippen LogP contribution in [0.3, 0.4) is 0 Å². The summed E-state index contributed by atoms with van der Waals surface area (Å²) in [6, 6.07) is 15.7. The molecule has 1 amide bonds. The lowest BCUT2D eigenvalue weighted by atomic mass is 9.78. The average Bonchev–Trinajstić information content (AvgIpc) is 3.17. The van der Waals surface area contributed by atoms with Gasteiger partial charge in [-0.15, -0.1) is 0 Å². The summed E-state index contributed by atoms with van der Waals surface area (Å²) < 4.78 is 10.6. The maximum Gasteiger partial charge on any atom is 0.356 e. The summed E-state index contributed by atoms with van der Waals surface area (Å²) in [5, 5.41) is 3.76. The number of aromatic amines is 1. The van der Waals surface area contributed by atoms with E-state index in [1.165, 1.54) is 5.56 Å². The normalized spacial score (nSPS) is 17.8. The molecule has 166 valence electrons. The van der Waals surface area contributed by atoms with Gasteiger partial charge in [0.05, 0.1) is 19.4 Å². The summed E-state index contributed by atoms with van der Waals surface area (Å²) in [4.78, 5) is 29.2. The number of esters is 1. The van der Waals surface area contributed by atoms with Gasteiger partial charge in [0, 0.05) is 16.8 Å². The second-order valence-corrected chi connectivity index (χ2v) is 8.00. The Kier molecular flexibility index (Phi) is 6.59. The van der Waals surface area contributed by atoms with Gasteiger partial charge in [-0.2, -0.15) is 0 Å². The van der Waals surface area contributed by atoms with Crippen molar-refractivity contribution in [2.45, 2.75) is 26.2 Å². The minimum Gasteiger partial charge on any atom is -0.497 e. The second-order valence-electron chi connectivity index (χ2n) is 8.00. The number of amides is 1. The zero-order valence-electron chi connectivity index (χ0n) is 18.4. The van der Waals surface area contributed by atoms with Crippen LogP contribution in [0.4, 0.5) is 5.69 Å². The molecule has 0 saturated heterocycles. The fraction of sp³-hybridized carbons (Fsp3) is 0.308. The molecular weight excluding hydrogens is 404 g/mol. The van der Waals surface area contributed by atoms with Gasteiger partial charge in [-0.25, -0.2) is 4.79 Å². The Hall–Kier alpha value is -3.54. The predicted octanol–water partition coefficient (Wildman–Crippen LogP) is 5.12. The number of ether oxygens (including phenoxy) is 2. The molecule has 0 aliphatic heterocycles. The van der Waals surface area contributed by atoms with Crippen LogP contribution in [-0.4, -0.2) is 30.6 Å². The van der Waals surface area contributed by atoms with Gasteiger partial charge in [-0.05, 0) is 55.9 Å². The molecule has 0 saturated carbocycles. The number of allylic oxidation sites excluding steroid dienone is 2. The average molecular weight is 433 g/mol. The number of carbonyl (C=O) groups is 2. The molecule has 1 heterocycles. The van der Waals surface area contributed by atoms with E-state index in [1.807, 2.05) is 30.3 Å². The highest BCUT2D eigenvalue weighted by atomic mass is 16.5. The van der Waals surface area contributed by atoms with Crippen LogP contribution in [0.2, 0.25) is 0 Å². The molecule has 32 heavy (non-hydrogen) atoms. The number of fused-ring (bicyclic) bond motifs is 1. The van der Waals surface area contributed by atoms with Gasteiger partial charge in [0.2, 0.25) is 5.91 Å². The Balaban J connectivity index is 1.64. The molecule has 0 spiro atoms. The van der Waals surface area contributed by atoms with Crippen molar-refractivity contribution in [2.24, 2.45) is 11.8 Å². The van der Waals surface area contributed by atoms with Crippen LogP contribution < -0.4 is 10.1 Å². The van der Waals surface area contributed by atoms with Crippen LogP contribution in [0.1, 0.15) is 35.8 Å². The van der Waals surface area contributed by atoms with Crippen molar-refractivity contribution < 1.29 is 19.1 Å². The Labute approximate surface area is 187 Å². The van der Waals surface area contributed by atoms with Crippen molar-refractivity contribution in [3.05, 3.63) is 71.9 Å². The Morgan fingerprint density at radius 2 is 1.88 bits per heavy atom. The monoisotopic (exact) mass is 432 g/mol. The van der Waals surface area contributed by atoms with Crippen LogP contribution in [0.5, 0.6) is 5.75 Å². The van der Waals surface area contributed by atoms with Gasteiger partial charge in [-0.1, -0.05) is 42.5 Å². The van der Waals surface area contributed by atoms with E-state index >= 15 is 0 Å². The Morgan fingerprint density at radius 3 is 2.62 bits per heavy atom. The lowest BCUT2D eigenvalue weighted by molar-refractivity contribution is -0.121. The summed E-state index contributed by atoms with van der Waals surface area (Å²) >= 11 is 0. The summed E-state index contributed by atoms with van der Waals surface area (Å²) in [6.07, 6.45) is 6.56. The number of anilines is 1. The summed E-state index contributed by atoms with van der Waals surface area (Å²) in [7, 11) is 1.58. The predicted molar refractivity (Wildman–Crippen MR) is 125 cm³/mol. The van der Waals surface area contributed by atoms with E-state index in [0.717, 1.165) is 18.4 Å². The van der Waals surface area contributed by atoms with Gasteiger partial charge in [0.15, 0.2) is 0 Å². The van der Waals surface area contributed by atoms with Crippen molar-refractivity contribution in [1.82, 2.24) is 4.98 Å². The highest BCUT2D eigenvalue weighted by molar-refractivity contribution is 6.11. The third-order valence-corrected chi connectivity index (χ3v) is 5.98. The first-order chi connectivity index (χ1) is 15.6. The molecule has 2 aromatic carbocycles. The molecule has 1 aromatic heterocycles. The van der Waals surface area contributed by atoms with Crippen LogP contribution in [-0.2, 0) is 16.0 Å². The third-order valence-electron chi connectivity index (χ3n) is 5.98. The van der Waals surface area contributed by atoms with Crippen molar-refractivity contribution in [2.75, 3.05) is 19.0 Å². The summed E-state index contributed by atoms with van der Waals surface area (Å²) in [5.74, 6) is 0.0517. The third kappa shape index (κ3) is 4.54. The van der Waals surface area contributed by atoms with Gasteiger partial charge in [0.1, 0.15) is 11.4 Å². The fourth-order valence-electron chi connectivity index (χ4n) is 4.33. The number of H-pyrrole nitrogens is 1. The van der Waals surface area contributed by atoms with E-state index in [-0.39, 0.29) is 30.0 Å². The number of benzene rings is 2. The van der Waals surface area contributed by atoms with E-state index in [1.54, 1.807) is 20.1 Å². The quantitative estimate of drug-likeness (QED) is 0.401. The molecule has 1 aliphatic carbocycles. The SMILES string of the molecule is CCOC(=O)c1[nH]c2ccc(OC)cc2c1NC(=O)[C@@H]1CC=CC[C@@H]1Cc1ccccc1. The molecule has 2 N–H and O–H groups in total. The number of hydrogen-bond acceptors (Lipinski definition) is 4. The van der Waals surface area contributed by atoms with E-state index in [9.17, 15) is 9.59 Å². The molecule has 0 unspecified atom stereocenters. The maximum atomic E-state index is 13.5. The minimum atomic E-state index is -0.498. The van der Waals surface area contributed by atoms with Gasteiger partial charge >= 0.3 is 5.97 Å². The lowest BCUT2D eigenvalue weighted by Crippen LogP contribution is -2.32. The molecule has 6 heteroatoms. The largest absolute Gasteiger partial charge is 0.497 e. The number of nitrogens with one attached hydrogen (secondary N) is 2. The van der Waals surface area contributed by atoms with Gasteiger partial charge in [0.25, 0.3) is 0 Å². The zero-order chi connectivity index (χ0) is 22.5. The Morgan fingerprint density at radius 1 is 1.09 bits per heavy atom. The number of carbonyl (C=O) groups excluding carboxylic acids is 2. The van der Waals surface area contributed by atoms with Crippen LogP contribution >= 0.6 is 0 Å². The summed E-state index contributed by atoms with van der Waals surface area (Å²) in [6.45, 7) is 2.00. The van der Waals surface area contributed by atoms with E-state index in [0.29, 0.717) is 23.2 Å². The van der Waals surface area contributed by atoms with Crippen molar-refractivity contribution in [3.8, 4) is 5.75 Å². The van der Waals surface area contributed by atoms with Gasteiger partial charge < -0.3 is 19.8 Å². The van der Waals surface area contributed by atoms with E-state index in [4.69, 9.17) is 9.47 Å². The van der Waals surface area contributed by atoms with Crippen molar-refractivity contribution >= 4 is 28.5 Å².